The highest BCUT2D eigenvalue weighted by Crippen LogP contribution is 2.32. The van der Waals surface area contributed by atoms with Crippen molar-refractivity contribution in [1.82, 2.24) is 0 Å². The summed E-state index contributed by atoms with van der Waals surface area (Å²) >= 11 is 0. The maximum atomic E-state index is 11.3. The molecule has 1 aromatic carbocycles. The van der Waals surface area contributed by atoms with E-state index >= 15 is 0 Å². The molecule has 0 unspecified atom stereocenters. The van der Waals surface area contributed by atoms with E-state index in [0.29, 0.717) is 17.1 Å². The maximum absolute atomic E-state index is 11.3. The minimum absolute atomic E-state index is 0.127. The molecule has 114 valence electrons. The maximum Gasteiger partial charge on any atom is 0.336 e. The Morgan fingerprint density at radius 3 is 2.57 bits per heavy atom. The number of aliphatic hydroxyl groups excluding tert-OH is 1. The molecule has 0 saturated carbocycles. The zero-order chi connectivity index (χ0) is 15.6. The molecule has 1 N–H and O–H groups in total. The molecule has 1 heterocycles. The molecule has 2 aromatic rings. The van der Waals surface area contributed by atoms with Crippen LogP contribution in [0.25, 0.3) is 11.0 Å². The Bertz CT molecular complexity index is 681. The summed E-state index contributed by atoms with van der Waals surface area (Å²) in [5, 5.41) is 10.8. The number of methoxy groups -OCH3 is 1. The van der Waals surface area contributed by atoms with Crippen molar-refractivity contribution < 1.29 is 19.0 Å². The summed E-state index contributed by atoms with van der Waals surface area (Å²) < 4.78 is 16.0. The van der Waals surface area contributed by atoms with Gasteiger partial charge < -0.3 is 19.0 Å². The highest BCUT2D eigenvalue weighted by molar-refractivity contribution is 5.80. The van der Waals surface area contributed by atoms with E-state index in [1.54, 1.807) is 18.2 Å². The van der Waals surface area contributed by atoms with Gasteiger partial charge in [0.2, 0.25) is 0 Å². The molecule has 0 aliphatic rings. The molecule has 0 bridgehead atoms. The molecule has 0 fully saturated rings. The van der Waals surface area contributed by atoms with E-state index in [1.165, 1.54) is 13.2 Å². The van der Waals surface area contributed by atoms with Crippen molar-refractivity contribution in [3.05, 3.63) is 34.7 Å². The van der Waals surface area contributed by atoms with Crippen molar-refractivity contribution in [3.8, 4) is 11.5 Å². The molecule has 0 radical (unpaired) electrons. The molecule has 5 heteroatoms. The first-order valence-electron chi connectivity index (χ1n) is 6.74. The summed E-state index contributed by atoms with van der Waals surface area (Å²) in [5.41, 5.74) is -0.284. The average molecular weight is 292 g/mol. The minimum Gasteiger partial charge on any atom is -0.493 e. The molecule has 0 spiro atoms. The van der Waals surface area contributed by atoms with E-state index in [9.17, 15) is 9.90 Å². The highest BCUT2D eigenvalue weighted by Gasteiger charge is 2.23. The van der Waals surface area contributed by atoms with Crippen molar-refractivity contribution in [2.24, 2.45) is 5.41 Å². The van der Waals surface area contributed by atoms with Crippen LogP contribution in [0, 0.1) is 5.41 Å². The lowest BCUT2D eigenvalue weighted by atomic mass is 9.90. The number of hydrogen-bond donors (Lipinski definition) is 1. The fourth-order valence-corrected chi connectivity index (χ4v) is 1.77. The summed E-state index contributed by atoms with van der Waals surface area (Å²) in [6, 6.07) is 6.35. The summed E-state index contributed by atoms with van der Waals surface area (Å²) in [6.45, 7) is 5.91. The standard InChI is InChI=1S/C16H20O5/c1-16(2,3)14(17)9-20-13-8-11-10(7-12(13)19-4)5-6-15(18)21-11/h5-8,14,17H,9H2,1-4H3/t14-/m0/s1. The third-order valence-electron chi connectivity index (χ3n) is 3.30. The fraction of sp³-hybridized carbons (Fsp3) is 0.438. The summed E-state index contributed by atoms with van der Waals surface area (Å²) in [5.74, 6) is 0.958. The van der Waals surface area contributed by atoms with Gasteiger partial charge in [-0.25, -0.2) is 4.79 Å². The molecule has 1 atom stereocenters. The first-order valence-corrected chi connectivity index (χ1v) is 6.74. The fourth-order valence-electron chi connectivity index (χ4n) is 1.77. The van der Waals surface area contributed by atoms with Gasteiger partial charge >= 0.3 is 5.63 Å². The van der Waals surface area contributed by atoms with Crippen LogP contribution in [0.1, 0.15) is 20.8 Å². The molecule has 0 aliphatic heterocycles. The lowest BCUT2D eigenvalue weighted by molar-refractivity contribution is 0.0211. The zero-order valence-electron chi connectivity index (χ0n) is 12.7. The van der Waals surface area contributed by atoms with Gasteiger partial charge in [-0.3, -0.25) is 0 Å². The van der Waals surface area contributed by atoms with Crippen LogP contribution in [0.4, 0.5) is 0 Å². The first-order chi connectivity index (χ1) is 9.81. The van der Waals surface area contributed by atoms with E-state index < -0.39 is 11.7 Å². The number of hydrogen-bond acceptors (Lipinski definition) is 5. The Morgan fingerprint density at radius 2 is 1.95 bits per heavy atom. The van der Waals surface area contributed by atoms with Gasteiger partial charge in [-0.15, -0.1) is 0 Å². The molecular weight excluding hydrogens is 272 g/mol. The average Bonchev–Trinajstić information content (AvgIpc) is 2.42. The van der Waals surface area contributed by atoms with Crippen molar-refractivity contribution in [3.63, 3.8) is 0 Å². The summed E-state index contributed by atoms with van der Waals surface area (Å²) in [6.07, 6.45) is -0.624. The van der Waals surface area contributed by atoms with Gasteiger partial charge in [-0.2, -0.15) is 0 Å². The third-order valence-corrected chi connectivity index (χ3v) is 3.30. The van der Waals surface area contributed by atoms with Crippen LogP contribution in [0.15, 0.2) is 33.5 Å². The Labute approximate surface area is 123 Å². The smallest absolute Gasteiger partial charge is 0.336 e. The van der Waals surface area contributed by atoms with E-state index in [4.69, 9.17) is 13.9 Å². The SMILES string of the molecule is COc1cc2ccc(=O)oc2cc1OC[C@H](O)C(C)(C)C. The van der Waals surface area contributed by atoms with Gasteiger partial charge in [0.15, 0.2) is 11.5 Å². The second-order valence-corrected chi connectivity index (χ2v) is 5.99. The number of ether oxygens (including phenoxy) is 2. The number of rotatable bonds is 4. The van der Waals surface area contributed by atoms with Crippen molar-refractivity contribution in [2.75, 3.05) is 13.7 Å². The van der Waals surface area contributed by atoms with Gasteiger partial charge in [-0.1, -0.05) is 20.8 Å². The number of benzene rings is 1. The number of aliphatic hydroxyl groups is 1. The largest absolute Gasteiger partial charge is 0.493 e. The lowest BCUT2D eigenvalue weighted by Crippen LogP contribution is -2.32. The number of fused-ring (bicyclic) bond motifs is 1. The summed E-state index contributed by atoms with van der Waals surface area (Å²) in [7, 11) is 1.54. The van der Waals surface area contributed by atoms with Crippen LogP contribution in [-0.2, 0) is 0 Å². The zero-order valence-corrected chi connectivity index (χ0v) is 12.7. The second kappa shape index (κ2) is 5.77. The Hall–Kier alpha value is -2.01. The van der Waals surface area contributed by atoms with E-state index in [0.717, 1.165) is 5.39 Å². The monoisotopic (exact) mass is 292 g/mol. The van der Waals surface area contributed by atoms with Gasteiger partial charge in [-0.05, 0) is 17.5 Å². The van der Waals surface area contributed by atoms with Crippen molar-refractivity contribution >= 4 is 11.0 Å². The highest BCUT2D eigenvalue weighted by atomic mass is 16.5. The van der Waals surface area contributed by atoms with Crippen LogP contribution in [0.5, 0.6) is 11.5 Å². The second-order valence-electron chi connectivity index (χ2n) is 5.99. The van der Waals surface area contributed by atoms with Crippen molar-refractivity contribution in [1.29, 1.82) is 0 Å². The predicted octanol–water partition coefficient (Wildman–Crippen LogP) is 2.59. The quantitative estimate of drug-likeness (QED) is 0.877. The normalized spacial score (nSPS) is 13.2. The van der Waals surface area contributed by atoms with Gasteiger partial charge in [0.25, 0.3) is 0 Å². The lowest BCUT2D eigenvalue weighted by Gasteiger charge is -2.26. The Morgan fingerprint density at radius 1 is 1.24 bits per heavy atom. The van der Waals surface area contributed by atoms with Gasteiger partial charge in [0.05, 0.1) is 13.2 Å². The van der Waals surface area contributed by atoms with Crippen LogP contribution >= 0.6 is 0 Å². The van der Waals surface area contributed by atoms with Gasteiger partial charge in [0, 0.05) is 17.5 Å². The molecule has 0 amide bonds. The van der Waals surface area contributed by atoms with E-state index in [2.05, 4.69) is 0 Å². The van der Waals surface area contributed by atoms with Crippen LogP contribution in [-0.4, -0.2) is 24.9 Å². The molecule has 1 aromatic heterocycles. The predicted molar refractivity (Wildman–Crippen MR) is 80.0 cm³/mol. The topological polar surface area (TPSA) is 68.9 Å². The third kappa shape index (κ3) is 3.55. The van der Waals surface area contributed by atoms with E-state index in [1.807, 2.05) is 20.8 Å². The molecule has 0 saturated heterocycles. The van der Waals surface area contributed by atoms with Crippen LogP contribution in [0.2, 0.25) is 0 Å². The molecule has 0 aliphatic carbocycles. The first kappa shape index (κ1) is 15.4. The van der Waals surface area contributed by atoms with Crippen LogP contribution < -0.4 is 15.1 Å². The summed E-state index contributed by atoms with van der Waals surface area (Å²) in [4.78, 5) is 11.3. The Kier molecular flexibility index (Phi) is 4.23. The molecular formula is C16H20O5. The molecule has 5 nitrogen and oxygen atoms in total. The van der Waals surface area contributed by atoms with Crippen molar-refractivity contribution in [2.45, 2.75) is 26.9 Å². The van der Waals surface area contributed by atoms with Gasteiger partial charge in [0.1, 0.15) is 12.2 Å². The Balaban J connectivity index is 2.31. The molecule has 21 heavy (non-hydrogen) atoms. The van der Waals surface area contributed by atoms with Crippen LogP contribution in [0.3, 0.4) is 0 Å². The minimum atomic E-state index is -0.624. The molecule has 2 rings (SSSR count). The van der Waals surface area contributed by atoms with E-state index in [-0.39, 0.29) is 12.0 Å².